The van der Waals surface area contributed by atoms with Crippen molar-refractivity contribution in [1.29, 1.82) is 0 Å². The molecule has 0 radical (unpaired) electrons. The maximum Gasteiger partial charge on any atom is 0.0165 e. The number of hydrogen-bond acceptors (Lipinski definition) is 2. The molecule has 0 spiro atoms. The number of benzene rings is 1. The summed E-state index contributed by atoms with van der Waals surface area (Å²) < 4.78 is 0. The Morgan fingerprint density at radius 1 is 1.37 bits per heavy atom. The fraction of sp³-hybridized carbons (Fsp3) is 0.529. The zero-order chi connectivity index (χ0) is 13.5. The van der Waals surface area contributed by atoms with Crippen LogP contribution in [-0.2, 0) is 0 Å². The van der Waals surface area contributed by atoms with Crippen molar-refractivity contribution in [2.45, 2.75) is 32.2 Å². The Morgan fingerprint density at radius 3 is 2.84 bits per heavy atom. The number of nitrogens with zero attached hydrogens (tertiary/aromatic N) is 1. The molecule has 1 atom stereocenters. The number of hydrogen-bond donors (Lipinski definition) is 1. The van der Waals surface area contributed by atoms with E-state index < -0.39 is 0 Å². The summed E-state index contributed by atoms with van der Waals surface area (Å²) in [6.07, 6.45) is 6.27. The van der Waals surface area contributed by atoms with E-state index in [9.17, 15) is 0 Å². The fourth-order valence-electron chi connectivity index (χ4n) is 2.78. The van der Waals surface area contributed by atoms with E-state index in [1.807, 2.05) is 0 Å². The molecule has 1 aliphatic rings. The van der Waals surface area contributed by atoms with Crippen molar-refractivity contribution in [3.63, 3.8) is 0 Å². The van der Waals surface area contributed by atoms with Gasteiger partial charge in [0.25, 0.3) is 0 Å². The van der Waals surface area contributed by atoms with Crippen LogP contribution in [0.2, 0.25) is 0 Å². The molecule has 104 valence electrons. The molecule has 1 aromatic rings. The summed E-state index contributed by atoms with van der Waals surface area (Å²) in [6, 6.07) is 11.3. The van der Waals surface area contributed by atoms with Gasteiger partial charge in [0.2, 0.25) is 0 Å². The minimum atomic E-state index is 0.797. The molecule has 1 unspecified atom stereocenters. The Balaban J connectivity index is 1.66. The van der Waals surface area contributed by atoms with Crippen LogP contribution in [0.25, 0.3) is 6.08 Å². The molecule has 0 saturated carbocycles. The molecule has 2 heteroatoms. The maximum absolute atomic E-state index is 3.56. The number of nitrogens with one attached hydrogen (secondary N) is 1. The number of rotatable bonds is 6. The third-order valence-electron chi connectivity index (χ3n) is 3.94. The molecular weight excluding hydrogens is 232 g/mol. The fourth-order valence-corrected chi connectivity index (χ4v) is 2.78. The van der Waals surface area contributed by atoms with E-state index in [2.05, 4.69) is 60.6 Å². The molecule has 0 amide bonds. The second kappa shape index (κ2) is 7.46. The van der Waals surface area contributed by atoms with Gasteiger partial charge < -0.3 is 10.2 Å². The lowest BCUT2D eigenvalue weighted by Gasteiger charge is -2.19. The zero-order valence-electron chi connectivity index (χ0n) is 12.2. The average Bonchev–Trinajstić information content (AvgIpc) is 2.81. The van der Waals surface area contributed by atoms with Crippen molar-refractivity contribution in [1.82, 2.24) is 10.2 Å². The first kappa shape index (κ1) is 14.3. The van der Waals surface area contributed by atoms with Gasteiger partial charge in [0.1, 0.15) is 0 Å². The van der Waals surface area contributed by atoms with Gasteiger partial charge in [-0.2, -0.15) is 0 Å². The normalized spacial score (nSPS) is 20.9. The summed E-state index contributed by atoms with van der Waals surface area (Å²) in [5.41, 5.74) is 2.68. The van der Waals surface area contributed by atoms with E-state index >= 15 is 0 Å². The van der Waals surface area contributed by atoms with Crippen molar-refractivity contribution in [2.24, 2.45) is 0 Å². The van der Waals surface area contributed by atoms with Crippen LogP contribution in [0.3, 0.4) is 0 Å². The molecule has 1 aliphatic heterocycles. The predicted molar refractivity (Wildman–Crippen MR) is 83.2 cm³/mol. The second-order valence-electron chi connectivity index (χ2n) is 5.64. The summed E-state index contributed by atoms with van der Waals surface area (Å²) in [5, 5.41) is 3.56. The lowest BCUT2D eigenvalue weighted by molar-refractivity contribution is 0.294. The first-order valence-electron chi connectivity index (χ1n) is 7.39. The summed E-state index contributed by atoms with van der Waals surface area (Å²) in [6.45, 7) is 5.58. The van der Waals surface area contributed by atoms with Crippen LogP contribution in [0.4, 0.5) is 0 Å². The minimum absolute atomic E-state index is 0.797. The lowest BCUT2D eigenvalue weighted by atomic mass is 10.1. The Hall–Kier alpha value is -1.12. The topological polar surface area (TPSA) is 15.3 Å². The molecular formula is C17H26N2. The first-order valence-corrected chi connectivity index (χ1v) is 7.39. The van der Waals surface area contributed by atoms with E-state index in [-0.39, 0.29) is 0 Å². The van der Waals surface area contributed by atoms with Gasteiger partial charge in [0.15, 0.2) is 0 Å². The quantitative estimate of drug-likeness (QED) is 0.789. The third-order valence-corrected chi connectivity index (χ3v) is 3.94. The van der Waals surface area contributed by atoms with Crippen LogP contribution in [0, 0.1) is 0 Å². The highest BCUT2D eigenvalue weighted by Gasteiger charge is 2.19. The lowest BCUT2D eigenvalue weighted by Crippen LogP contribution is -2.29. The first-order chi connectivity index (χ1) is 9.25. The van der Waals surface area contributed by atoms with E-state index in [1.54, 1.807) is 0 Å². The van der Waals surface area contributed by atoms with Crippen molar-refractivity contribution in [3.05, 3.63) is 41.5 Å². The van der Waals surface area contributed by atoms with Gasteiger partial charge in [0.05, 0.1) is 0 Å². The van der Waals surface area contributed by atoms with Crippen molar-refractivity contribution < 1.29 is 0 Å². The van der Waals surface area contributed by atoms with Crippen LogP contribution >= 0.6 is 0 Å². The van der Waals surface area contributed by atoms with Crippen molar-refractivity contribution in [3.8, 4) is 0 Å². The molecule has 1 fully saturated rings. The van der Waals surface area contributed by atoms with E-state index in [0.717, 1.165) is 19.1 Å². The Labute approximate surface area is 117 Å². The highest BCUT2D eigenvalue weighted by molar-refractivity contribution is 5.52. The van der Waals surface area contributed by atoms with Gasteiger partial charge in [0, 0.05) is 12.6 Å². The van der Waals surface area contributed by atoms with Crippen molar-refractivity contribution in [2.75, 3.05) is 26.7 Å². The molecule has 1 heterocycles. The Bertz CT molecular complexity index is 397. The SMILES string of the molecule is C/C(=C\c1ccccc1)CNCCC1CCCN1C. The molecule has 1 aromatic carbocycles. The van der Waals surface area contributed by atoms with E-state index in [4.69, 9.17) is 0 Å². The molecule has 0 aromatic heterocycles. The van der Waals surface area contributed by atoms with Gasteiger partial charge in [-0.3, -0.25) is 0 Å². The van der Waals surface area contributed by atoms with Gasteiger partial charge in [-0.05, 0) is 51.9 Å². The molecule has 1 N–H and O–H groups in total. The summed E-state index contributed by atoms with van der Waals surface area (Å²) in [7, 11) is 2.25. The van der Waals surface area contributed by atoms with Gasteiger partial charge in [-0.25, -0.2) is 0 Å². The highest BCUT2D eigenvalue weighted by Crippen LogP contribution is 2.16. The Kier molecular flexibility index (Phi) is 5.62. The Morgan fingerprint density at radius 2 is 2.16 bits per heavy atom. The monoisotopic (exact) mass is 258 g/mol. The van der Waals surface area contributed by atoms with Crippen LogP contribution in [-0.4, -0.2) is 37.6 Å². The molecule has 0 bridgehead atoms. The zero-order valence-corrected chi connectivity index (χ0v) is 12.2. The highest BCUT2D eigenvalue weighted by atomic mass is 15.1. The smallest absolute Gasteiger partial charge is 0.0165 e. The van der Waals surface area contributed by atoms with Gasteiger partial charge in [-0.1, -0.05) is 42.0 Å². The summed E-state index contributed by atoms with van der Waals surface area (Å²) in [4.78, 5) is 2.49. The second-order valence-corrected chi connectivity index (χ2v) is 5.64. The van der Waals surface area contributed by atoms with Crippen LogP contribution in [0.15, 0.2) is 35.9 Å². The standard InChI is InChI=1S/C17H26N2/c1-15(13-16-7-4-3-5-8-16)14-18-11-10-17-9-6-12-19(17)2/h3-5,7-8,13,17-18H,6,9-12,14H2,1-2H3/b15-13+. The van der Waals surface area contributed by atoms with Gasteiger partial charge in [-0.15, -0.1) is 0 Å². The number of likely N-dealkylation sites (tertiary alicyclic amines) is 1. The van der Waals surface area contributed by atoms with Gasteiger partial charge >= 0.3 is 0 Å². The molecule has 1 saturated heterocycles. The molecule has 2 nitrogen and oxygen atoms in total. The maximum atomic E-state index is 3.56. The largest absolute Gasteiger partial charge is 0.313 e. The van der Waals surface area contributed by atoms with Crippen LogP contribution in [0.5, 0.6) is 0 Å². The van der Waals surface area contributed by atoms with Crippen LogP contribution in [0.1, 0.15) is 31.7 Å². The van der Waals surface area contributed by atoms with Crippen molar-refractivity contribution >= 4 is 6.08 Å². The summed E-state index contributed by atoms with van der Waals surface area (Å²) in [5.74, 6) is 0. The molecule has 2 rings (SSSR count). The third kappa shape index (κ3) is 4.81. The van der Waals surface area contributed by atoms with E-state index in [1.165, 1.54) is 36.9 Å². The van der Waals surface area contributed by atoms with E-state index in [0.29, 0.717) is 0 Å². The summed E-state index contributed by atoms with van der Waals surface area (Å²) >= 11 is 0. The minimum Gasteiger partial charge on any atom is -0.313 e. The van der Waals surface area contributed by atoms with Crippen LogP contribution < -0.4 is 5.32 Å². The molecule has 19 heavy (non-hydrogen) atoms. The average molecular weight is 258 g/mol. The predicted octanol–water partition coefficient (Wildman–Crippen LogP) is 3.16. The molecule has 0 aliphatic carbocycles.